The molecule has 1 heterocycles. The number of hydrogen-bond donors (Lipinski definition) is 2. The number of aromatic nitrogens is 1. The zero-order chi connectivity index (χ0) is 21.8. The summed E-state index contributed by atoms with van der Waals surface area (Å²) < 4.78 is 58.3. The minimum absolute atomic E-state index is 0.331. The first-order valence-corrected chi connectivity index (χ1v) is 9.14. The standard InChI is InChI=1S/C23H15F4N3O/c24-19-8-3-15(11-21(19)26)29-14-1-6-18(7-2-14)31-23-10-5-17(13-28-23)30-16-4-9-20(25)22(27)12-16/h1-13,29-30H. The van der Waals surface area contributed by atoms with Crippen LogP contribution in [0.1, 0.15) is 0 Å². The van der Waals surface area contributed by atoms with Crippen LogP contribution in [-0.4, -0.2) is 4.98 Å². The molecule has 0 aliphatic carbocycles. The lowest BCUT2D eigenvalue weighted by Crippen LogP contribution is -1.95. The molecule has 4 aromatic rings. The Morgan fingerprint density at radius 1 is 0.548 bits per heavy atom. The lowest BCUT2D eigenvalue weighted by atomic mass is 10.2. The Morgan fingerprint density at radius 3 is 1.58 bits per heavy atom. The van der Waals surface area contributed by atoms with Crippen molar-refractivity contribution in [3.8, 4) is 11.6 Å². The summed E-state index contributed by atoms with van der Waals surface area (Å²) >= 11 is 0. The summed E-state index contributed by atoms with van der Waals surface area (Å²) in [6.45, 7) is 0. The number of nitrogens with zero attached hydrogens (tertiary/aromatic N) is 1. The molecular weight excluding hydrogens is 410 g/mol. The minimum atomic E-state index is -0.944. The van der Waals surface area contributed by atoms with E-state index in [0.29, 0.717) is 34.4 Å². The topological polar surface area (TPSA) is 46.2 Å². The van der Waals surface area contributed by atoms with Crippen LogP contribution in [0, 0.1) is 23.3 Å². The average molecular weight is 425 g/mol. The fraction of sp³-hybridized carbons (Fsp3) is 0. The molecule has 0 spiro atoms. The van der Waals surface area contributed by atoms with Gasteiger partial charge in [0.25, 0.3) is 0 Å². The van der Waals surface area contributed by atoms with Crippen molar-refractivity contribution in [2.75, 3.05) is 10.6 Å². The van der Waals surface area contributed by atoms with Gasteiger partial charge in [-0.15, -0.1) is 0 Å². The third-order valence-electron chi connectivity index (χ3n) is 4.23. The van der Waals surface area contributed by atoms with Gasteiger partial charge in [-0.05, 0) is 54.6 Å². The van der Waals surface area contributed by atoms with Gasteiger partial charge in [0.1, 0.15) is 5.75 Å². The quantitative estimate of drug-likeness (QED) is 0.329. The van der Waals surface area contributed by atoms with Crippen molar-refractivity contribution in [2.24, 2.45) is 0 Å². The Labute approximate surface area is 175 Å². The van der Waals surface area contributed by atoms with Gasteiger partial charge in [0.2, 0.25) is 5.88 Å². The maximum absolute atomic E-state index is 13.3. The van der Waals surface area contributed by atoms with Gasteiger partial charge in [-0.2, -0.15) is 0 Å². The van der Waals surface area contributed by atoms with Crippen LogP contribution >= 0.6 is 0 Å². The molecule has 0 amide bonds. The summed E-state index contributed by atoms with van der Waals surface area (Å²) in [4.78, 5) is 4.17. The number of hydrogen-bond acceptors (Lipinski definition) is 4. The summed E-state index contributed by atoms with van der Waals surface area (Å²) in [5, 5.41) is 5.88. The molecule has 31 heavy (non-hydrogen) atoms. The Kier molecular flexibility index (Phi) is 5.70. The van der Waals surface area contributed by atoms with Gasteiger partial charge in [-0.1, -0.05) is 0 Å². The molecule has 2 N–H and O–H groups in total. The molecule has 0 aliphatic rings. The second-order valence-corrected chi connectivity index (χ2v) is 6.52. The maximum atomic E-state index is 13.3. The molecule has 1 aromatic heterocycles. The number of ether oxygens (including phenoxy) is 1. The molecule has 0 atom stereocenters. The molecule has 0 fully saturated rings. The third-order valence-corrected chi connectivity index (χ3v) is 4.23. The smallest absolute Gasteiger partial charge is 0.219 e. The lowest BCUT2D eigenvalue weighted by molar-refractivity contribution is 0.463. The zero-order valence-corrected chi connectivity index (χ0v) is 15.9. The summed E-state index contributed by atoms with van der Waals surface area (Å²) in [5.74, 6) is -2.85. The largest absolute Gasteiger partial charge is 0.439 e. The molecule has 3 aromatic carbocycles. The van der Waals surface area contributed by atoms with Gasteiger partial charge < -0.3 is 15.4 Å². The third kappa shape index (κ3) is 5.11. The maximum Gasteiger partial charge on any atom is 0.219 e. The van der Waals surface area contributed by atoms with E-state index in [9.17, 15) is 17.6 Å². The van der Waals surface area contributed by atoms with E-state index in [1.54, 1.807) is 36.4 Å². The van der Waals surface area contributed by atoms with Crippen molar-refractivity contribution < 1.29 is 22.3 Å². The van der Waals surface area contributed by atoms with Crippen molar-refractivity contribution in [1.82, 2.24) is 4.98 Å². The van der Waals surface area contributed by atoms with Crippen LogP contribution in [0.2, 0.25) is 0 Å². The van der Waals surface area contributed by atoms with E-state index < -0.39 is 23.3 Å². The molecule has 8 heteroatoms. The van der Waals surface area contributed by atoms with Crippen LogP contribution in [0.15, 0.2) is 79.0 Å². The van der Waals surface area contributed by atoms with Crippen molar-refractivity contribution in [1.29, 1.82) is 0 Å². The van der Waals surface area contributed by atoms with Crippen molar-refractivity contribution in [2.45, 2.75) is 0 Å². The number of anilines is 4. The molecule has 4 nitrogen and oxygen atoms in total. The number of nitrogens with one attached hydrogen (secondary N) is 2. The van der Waals surface area contributed by atoms with E-state index in [2.05, 4.69) is 15.6 Å². The summed E-state index contributed by atoms with van der Waals surface area (Å²) in [5.41, 5.74) is 2.04. The van der Waals surface area contributed by atoms with Crippen LogP contribution in [0.4, 0.5) is 40.3 Å². The average Bonchev–Trinajstić information content (AvgIpc) is 2.76. The Hall–Kier alpha value is -4.07. The summed E-state index contributed by atoms with van der Waals surface area (Å²) in [6, 6.07) is 17.2. The van der Waals surface area contributed by atoms with Crippen LogP contribution in [0.25, 0.3) is 0 Å². The first kappa shape index (κ1) is 20.2. The Balaban J connectivity index is 1.37. The highest BCUT2D eigenvalue weighted by Gasteiger charge is 2.05. The number of pyridine rings is 1. The van der Waals surface area contributed by atoms with Crippen LogP contribution in [-0.2, 0) is 0 Å². The molecule has 0 saturated carbocycles. The van der Waals surface area contributed by atoms with E-state index >= 15 is 0 Å². The molecule has 4 rings (SSSR count). The van der Waals surface area contributed by atoms with E-state index in [-0.39, 0.29) is 0 Å². The highest BCUT2D eigenvalue weighted by Crippen LogP contribution is 2.25. The minimum Gasteiger partial charge on any atom is -0.439 e. The highest BCUT2D eigenvalue weighted by atomic mass is 19.2. The highest BCUT2D eigenvalue weighted by molar-refractivity contribution is 5.61. The van der Waals surface area contributed by atoms with Crippen molar-refractivity contribution >= 4 is 22.7 Å². The van der Waals surface area contributed by atoms with Gasteiger partial charge >= 0.3 is 0 Å². The van der Waals surface area contributed by atoms with Crippen molar-refractivity contribution in [3.63, 3.8) is 0 Å². The monoisotopic (exact) mass is 425 g/mol. The zero-order valence-electron chi connectivity index (χ0n) is 15.9. The van der Waals surface area contributed by atoms with Gasteiger partial charge in [0, 0.05) is 35.3 Å². The van der Waals surface area contributed by atoms with E-state index in [4.69, 9.17) is 4.74 Å². The number of benzene rings is 3. The lowest BCUT2D eigenvalue weighted by Gasteiger charge is -2.10. The number of rotatable bonds is 6. The predicted octanol–water partition coefficient (Wildman–Crippen LogP) is 6.92. The van der Waals surface area contributed by atoms with E-state index in [0.717, 1.165) is 24.3 Å². The first-order chi connectivity index (χ1) is 15.0. The second-order valence-electron chi connectivity index (χ2n) is 6.52. The normalized spacial score (nSPS) is 10.6. The predicted molar refractivity (Wildman–Crippen MR) is 110 cm³/mol. The van der Waals surface area contributed by atoms with Crippen LogP contribution in [0.5, 0.6) is 11.6 Å². The molecule has 156 valence electrons. The fourth-order valence-electron chi connectivity index (χ4n) is 2.72. The molecule has 0 unspecified atom stereocenters. The van der Waals surface area contributed by atoms with E-state index in [1.165, 1.54) is 18.3 Å². The van der Waals surface area contributed by atoms with Crippen LogP contribution in [0.3, 0.4) is 0 Å². The van der Waals surface area contributed by atoms with Gasteiger partial charge in [0.15, 0.2) is 23.3 Å². The van der Waals surface area contributed by atoms with Gasteiger partial charge in [-0.25, -0.2) is 22.5 Å². The Morgan fingerprint density at radius 2 is 1.06 bits per heavy atom. The van der Waals surface area contributed by atoms with Gasteiger partial charge in [0.05, 0.1) is 11.9 Å². The second kappa shape index (κ2) is 8.74. The fourth-order valence-corrected chi connectivity index (χ4v) is 2.72. The van der Waals surface area contributed by atoms with Gasteiger partial charge in [-0.3, -0.25) is 0 Å². The summed E-state index contributed by atoms with van der Waals surface area (Å²) in [6.07, 6.45) is 1.50. The Bertz CT molecular complexity index is 1100. The van der Waals surface area contributed by atoms with Crippen LogP contribution < -0.4 is 15.4 Å². The SMILES string of the molecule is Fc1ccc(Nc2ccc(Oc3ccc(Nc4ccc(F)c(F)c4)cn3)cc2)cc1F. The molecule has 0 radical (unpaired) electrons. The first-order valence-electron chi connectivity index (χ1n) is 9.14. The molecule has 0 saturated heterocycles. The summed E-state index contributed by atoms with van der Waals surface area (Å²) in [7, 11) is 0. The number of halogens is 4. The molecule has 0 aliphatic heterocycles. The van der Waals surface area contributed by atoms with E-state index in [1.807, 2.05) is 0 Å². The molecule has 0 bridgehead atoms. The van der Waals surface area contributed by atoms with Crippen molar-refractivity contribution in [3.05, 3.63) is 102 Å². The molecular formula is C23H15F4N3O.